The van der Waals surface area contributed by atoms with Crippen molar-refractivity contribution in [2.75, 3.05) is 19.4 Å². The molecule has 35 heavy (non-hydrogen) atoms. The molecule has 0 aliphatic carbocycles. The lowest BCUT2D eigenvalue weighted by Gasteiger charge is -2.16. The van der Waals surface area contributed by atoms with Crippen LogP contribution in [0.4, 0.5) is 11.4 Å². The number of ketones is 1. The average Bonchev–Trinajstić information content (AvgIpc) is 2.83. The van der Waals surface area contributed by atoms with Gasteiger partial charge in [0.25, 0.3) is 0 Å². The minimum Gasteiger partial charge on any atom is -0.505 e. The van der Waals surface area contributed by atoms with Gasteiger partial charge in [-0.25, -0.2) is 0 Å². The quantitative estimate of drug-likeness (QED) is 0.239. The third kappa shape index (κ3) is 5.59. The number of hydrogen-bond donors (Lipinski definition) is 2. The molecule has 0 spiro atoms. The molecule has 0 aliphatic rings. The largest absolute Gasteiger partial charge is 0.505 e. The molecule has 0 fully saturated rings. The van der Waals surface area contributed by atoms with E-state index in [1.54, 1.807) is 18.3 Å². The van der Waals surface area contributed by atoms with Gasteiger partial charge in [0.05, 0.1) is 26.8 Å². The predicted octanol–water partition coefficient (Wildman–Crippen LogP) is 7.70. The molecule has 1 aromatic heterocycles. The number of aromatic hydroxyl groups is 1. The first-order chi connectivity index (χ1) is 16.8. The molecule has 3 aromatic carbocycles. The topological polar surface area (TPSA) is 65.5 Å². The Morgan fingerprint density at radius 1 is 1.00 bits per heavy atom. The number of fused-ring (bicyclic) bond motifs is 1. The summed E-state index contributed by atoms with van der Waals surface area (Å²) in [4.78, 5) is 19.7. The molecule has 2 N–H and O–H groups in total. The number of pyridine rings is 1. The first-order valence-corrected chi connectivity index (χ1v) is 12.2. The summed E-state index contributed by atoms with van der Waals surface area (Å²) in [5, 5.41) is 14.6. The third-order valence-corrected chi connectivity index (χ3v) is 6.29. The molecule has 4 rings (SSSR count). The Kier molecular flexibility index (Phi) is 7.60. The Hall–Kier alpha value is -3.12. The number of nitrogens with zero attached hydrogens (tertiary/aromatic N) is 2. The lowest BCUT2D eigenvalue weighted by atomic mass is 9.98. The fraction of sp³-hybridized carbons (Fsp3) is 0.214. The zero-order valence-electron chi connectivity index (χ0n) is 19.9. The summed E-state index contributed by atoms with van der Waals surface area (Å²) in [5.41, 5.74) is 5.70. The Morgan fingerprint density at radius 2 is 1.69 bits per heavy atom. The number of phenolic OH excluding ortho intramolecular Hbond substituents is 1. The lowest BCUT2D eigenvalue weighted by Crippen LogP contribution is -2.10. The normalized spacial score (nSPS) is 11.3. The Labute approximate surface area is 215 Å². The highest BCUT2D eigenvalue weighted by molar-refractivity contribution is 6.37. The summed E-state index contributed by atoms with van der Waals surface area (Å²) >= 11 is 12.3. The van der Waals surface area contributed by atoms with Crippen molar-refractivity contribution in [1.82, 2.24) is 9.88 Å². The highest BCUT2D eigenvalue weighted by atomic mass is 35.5. The van der Waals surface area contributed by atoms with E-state index in [0.717, 1.165) is 40.7 Å². The van der Waals surface area contributed by atoms with Crippen LogP contribution in [-0.2, 0) is 6.54 Å². The Balaban J connectivity index is 1.84. The monoisotopic (exact) mass is 507 g/mol. The number of carbonyl (C=O) groups is 1. The molecule has 180 valence electrons. The minimum atomic E-state index is -0.146. The molecule has 1 heterocycles. The smallest absolute Gasteiger partial charge is 0.166 e. The maximum absolute atomic E-state index is 13.0. The Morgan fingerprint density at radius 3 is 2.31 bits per heavy atom. The second-order valence-electron chi connectivity index (χ2n) is 8.80. The van der Waals surface area contributed by atoms with Crippen molar-refractivity contribution in [1.29, 1.82) is 0 Å². The van der Waals surface area contributed by atoms with Gasteiger partial charge in [-0.3, -0.25) is 9.78 Å². The number of Topliss-reactive ketones (excluding diaryl/α,β-unsaturated/α-hetero) is 1. The van der Waals surface area contributed by atoms with Gasteiger partial charge in [0.15, 0.2) is 11.5 Å². The van der Waals surface area contributed by atoms with E-state index in [-0.39, 0.29) is 21.6 Å². The van der Waals surface area contributed by atoms with Crippen molar-refractivity contribution in [3.63, 3.8) is 0 Å². The SMILES string of the molecule is CCCC(=O)c1cnc2ccc(-c3cc(Cl)c(O)c(Cl)c3)cc2c1Nc1ccc(CN(C)C)cc1. The van der Waals surface area contributed by atoms with Crippen molar-refractivity contribution in [3.8, 4) is 16.9 Å². The van der Waals surface area contributed by atoms with Crippen LogP contribution in [0.15, 0.2) is 60.8 Å². The lowest BCUT2D eigenvalue weighted by molar-refractivity contribution is 0.0982. The van der Waals surface area contributed by atoms with E-state index in [9.17, 15) is 9.90 Å². The van der Waals surface area contributed by atoms with Gasteiger partial charge in [-0.05, 0) is 73.6 Å². The van der Waals surface area contributed by atoms with Crippen LogP contribution in [0.2, 0.25) is 10.0 Å². The van der Waals surface area contributed by atoms with Crippen molar-refractivity contribution in [2.45, 2.75) is 26.3 Å². The minimum absolute atomic E-state index is 0.0368. The maximum Gasteiger partial charge on any atom is 0.166 e. The number of aromatic nitrogens is 1. The number of benzene rings is 3. The van der Waals surface area contributed by atoms with Gasteiger partial charge in [-0.2, -0.15) is 0 Å². The van der Waals surface area contributed by atoms with E-state index >= 15 is 0 Å². The summed E-state index contributed by atoms with van der Waals surface area (Å²) in [5.74, 6) is -0.109. The van der Waals surface area contributed by atoms with Gasteiger partial charge in [-0.1, -0.05) is 48.3 Å². The van der Waals surface area contributed by atoms with E-state index in [1.807, 2.05) is 51.4 Å². The molecule has 0 aliphatic heterocycles. The molecule has 5 nitrogen and oxygen atoms in total. The highest BCUT2D eigenvalue weighted by Crippen LogP contribution is 2.38. The number of halogens is 2. The van der Waals surface area contributed by atoms with E-state index in [0.29, 0.717) is 17.7 Å². The first kappa shape index (κ1) is 25.0. The molecule has 4 aromatic rings. The molecule has 7 heteroatoms. The van der Waals surface area contributed by atoms with Crippen LogP contribution in [0.3, 0.4) is 0 Å². The van der Waals surface area contributed by atoms with Crippen molar-refractivity contribution >= 4 is 51.3 Å². The van der Waals surface area contributed by atoms with E-state index in [4.69, 9.17) is 23.2 Å². The number of hydrogen-bond acceptors (Lipinski definition) is 5. The third-order valence-electron chi connectivity index (χ3n) is 5.72. The molecular formula is C28H27Cl2N3O2. The van der Waals surface area contributed by atoms with E-state index in [2.05, 4.69) is 27.3 Å². The molecule has 0 atom stereocenters. The zero-order chi connectivity index (χ0) is 25.1. The molecule has 0 amide bonds. The number of nitrogens with one attached hydrogen (secondary N) is 1. The van der Waals surface area contributed by atoms with Gasteiger partial charge in [-0.15, -0.1) is 0 Å². The van der Waals surface area contributed by atoms with Crippen molar-refractivity contribution in [3.05, 3.63) is 82.0 Å². The van der Waals surface area contributed by atoms with Crippen LogP contribution < -0.4 is 5.32 Å². The van der Waals surface area contributed by atoms with Gasteiger partial charge in [0.1, 0.15) is 0 Å². The fourth-order valence-corrected chi connectivity index (χ4v) is 4.50. The van der Waals surface area contributed by atoms with Gasteiger partial charge in [0.2, 0.25) is 0 Å². The standard InChI is InChI=1S/C28H27Cl2N3O2/c1-4-5-26(34)22-15-31-25-11-8-18(19-13-23(29)28(35)24(30)14-19)12-21(25)27(22)32-20-9-6-17(7-10-20)16-33(2)3/h6-15,35H,4-5,16H2,1-3H3,(H,31,32). The molecular weight excluding hydrogens is 481 g/mol. The van der Waals surface area contributed by atoms with Gasteiger partial charge in [0, 0.05) is 30.2 Å². The number of rotatable bonds is 8. The fourth-order valence-electron chi connectivity index (χ4n) is 4.02. The molecule has 0 saturated carbocycles. The summed E-state index contributed by atoms with van der Waals surface area (Å²) in [6.07, 6.45) is 2.84. The Bertz CT molecular complexity index is 1360. The second kappa shape index (κ2) is 10.6. The maximum atomic E-state index is 13.0. The van der Waals surface area contributed by atoms with Crippen molar-refractivity contribution < 1.29 is 9.90 Å². The molecule has 0 radical (unpaired) electrons. The van der Waals surface area contributed by atoms with Crippen LogP contribution in [0.25, 0.3) is 22.0 Å². The van der Waals surface area contributed by atoms with Crippen LogP contribution in [0, 0.1) is 0 Å². The summed E-state index contributed by atoms with van der Waals surface area (Å²) in [6.45, 7) is 2.83. The zero-order valence-corrected chi connectivity index (χ0v) is 21.4. The highest BCUT2D eigenvalue weighted by Gasteiger charge is 2.17. The van der Waals surface area contributed by atoms with Gasteiger partial charge >= 0.3 is 0 Å². The van der Waals surface area contributed by atoms with E-state index in [1.165, 1.54) is 5.56 Å². The predicted molar refractivity (Wildman–Crippen MR) is 145 cm³/mol. The summed E-state index contributed by atoms with van der Waals surface area (Å²) < 4.78 is 0. The number of phenols is 1. The van der Waals surface area contributed by atoms with Crippen LogP contribution in [0.1, 0.15) is 35.7 Å². The summed E-state index contributed by atoms with van der Waals surface area (Å²) in [7, 11) is 4.07. The summed E-state index contributed by atoms with van der Waals surface area (Å²) in [6, 6.07) is 17.3. The van der Waals surface area contributed by atoms with Crippen LogP contribution >= 0.6 is 23.2 Å². The average molecular weight is 508 g/mol. The number of carbonyl (C=O) groups excluding carboxylic acids is 1. The molecule has 0 bridgehead atoms. The molecule has 0 saturated heterocycles. The second-order valence-corrected chi connectivity index (χ2v) is 9.61. The van der Waals surface area contributed by atoms with Crippen LogP contribution in [-0.4, -0.2) is 34.9 Å². The van der Waals surface area contributed by atoms with Crippen LogP contribution in [0.5, 0.6) is 5.75 Å². The van der Waals surface area contributed by atoms with Crippen molar-refractivity contribution in [2.24, 2.45) is 0 Å². The van der Waals surface area contributed by atoms with Gasteiger partial charge < -0.3 is 15.3 Å². The van der Waals surface area contributed by atoms with E-state index < -0.39 is 0 Å². The first-order valence-electron chi connectivity index (χ1n) is 11.4. The molecule has 0 unspecified atom stereocenters. The number of anilines is 2.